The van der Waals surface area contributed by atoms with Gasteiger partial charge in [-0.1, -0.05) is 18.2 Å². The Morgan fingerprint density at radius 1 is 1.16 bits per heavy atom. The molecule has 1 saturated heterocycles. The second kappa shape index (κ2) is 10.6. The lowest BCUT2D eigenvalue weighted by Gasteiger charge is -2.26. The molecule has 168 valence electrons. The lowest BCUT2D eigenvalue weighted by molar-refractivity contribution is -0.115. The molecule has 1 amide bonds. The van der Waals surface area contributed by atoms with Crippen molar-refractivity contribution in [2.24, 2.45) is 0 Å². The number of carbonyl (C=O) groups excluding carboxylic acids is 1. The lowest BCUT2D eigenvalue weighted by atomic mass is 10.1. The predicted molar refractivity (Wildman–Crippen MR) is 126 cm³/mol. The molecule has 0 unspecified atom stereocenters. The third-order valence-electron chi connectivity index (χ3n) is 5.26. The highest BCUT2D eigenvalue weighted by Crippen LogP contribution is 2.29. The third kappa shape index (κ3) is 5.64. The van der Waals surface area contributed by atoms with E-state index >= 15 is 0 Å². The molecule has 2 heterocycles. The summed E-state index contributed by atoms with van der Waals surface area (Å²) in [7, 11) is 3.15. The normalized spacial score (nSPS) is 14.2. The van der Waals surface area contributed by atoms with E-state index in [0.29, 0.717) is 17.2 Å². The second-order valence-corrected chi connectivity index (χ2v) is 8.38. The number of benzene rings is 2. The van der Waals surface area contributed by atoms with E-state index in [9.17, 15) is 4.79 Å². The van der Waals surface area contributed by atoms with Crippen LogP contribution < -0.4 is 14.8 Å². The van der Waals surface area contributed by atoms with Gasteiger partial charge in [0.05, 0.1) is 45.2 Å². The van der Waals surface area contributed by atoms with Crippen molar-refractivity contribution in [3.05, 3.63) is 59.1 Å². The van der Waals surface area contributed by atoms with Gasteiger partial charge < -0.3 is 19.5 Å². The molecule has 0 bridgehead atoms. The Labute approximate surface area is 191 Å². The molecule has 1 fully saturated rings. The molecule has 0 atom stereocenters. The fraction of sp³-hybridized carbons (Fsp3) is 0.333. The minimum absolute atomic E-state index is 0.158. The van der Waals surface area contributed by atoms with Gasteiger partial charge in [0.15, 0.2) is 0 Å². The van der Waals surface area contributed by atoms with Crippen LogP contribution in [0, 0.1) is 0 Å². The molecule has 1 aromatic heterocycles. The Morgan fingerprint density at radius 3 is 2.78 bits per heavy atom. The van der Waals surface area contributed by atoms with Crippen LogP contribution in [0.5, 0.6) is 11.5 Å². The van der Waals surface area contributed by atoms with Gasteiger partial charge in [-0.05, 0) is 23.8 Å². The van der Waals surface area contributed by atoms with Crippen molar-refractivity contribution in [3.63, 3.8) is 0 Å². The van der Waals surface area contributed by atoms with Crippen LogP contribution in [-0.4, -0.2) is 56.3 Å². The molecule has 2 aromatic carbocycles. The number of hydrogen-bond acceptors (Lipinski definition) is 7. The summed E-state index contributed by atoms with van der Waals surface area (Å²) in [5, 5.41) is 5.74. The van der Waals surface area contributed by atoms with Gasteiger partial charge in [-0.3, -0.25) is 9.69 Å². The van der Waals surface area contributed by atoms with Crippen molar-refractivity contribution in [2.45, 2.75) is 13.0 Å². The predicted octanol–water partition coefficient (Wildman–Crippen LogP) is 3.84. The number of carbonyl (C=O) groups is 1. The van der Waals surface area contributed by atoms with Crippen molar-refractivity contribution in [2.75, 3.05) is 45.8 Å². The third-order valence-corrected chi connectivity index (χ3v) is 6.20. The van der Waals surface area contributed by atoms with Crippen molar-refractivity contribution < 1.29 is 19.0 Å². The first kappa shape index (κ1) is 22.3. The van der Waals surface area contributed by atoms with Gasteiger partial charge in [0.1, 0.15) is 16.5 Å². The average Bonchev–Trinajstić information content (AvgIpc) is 3.28. The van der Waals surface area contributed by atoms with Crippen LogP contribution in [0.25, 0.3) is 10.6 Å². The summed E-state index contributed by atoms with van der Waals surface area (Å²) in [5.74, 6) is 1.07. The summed E-state index contributed by atoms with van der Waals surface area (Å²) in [4.78, 5) is 19.7. The fourth-order valence-corrected chi connectivity index (χ4v) is 4.43. The molecular formula is C24H27N3O4S. The van der Waals surface area contributed by atoms with Crippen molar-refractivity contribution >= 4 is 22.9 Å². The summed E-state index contributed by atoms with van der Waals surface area (Å²) in [6.07, 6.45) is 0.185. The monoisotopic (exact) mass is 453 g/mol. The van der Waals surface area contributed by atoms with Gasteiger partial charge in [-0.25, -0.2) is 4.98 Å². The number of hydrogen-bond donors (Lipinski definition) is 1. The van der Waals surface area contributed by atoms with Gasteiger partial charge in [-0.2, -0.15) is 0 Å². The van der Waals surface area contributed by atoms with E-state index in [1.165, 1.54) is 5.56 Å². The van der Waals surface area contributed by atoms with E-state index in [0.717, 1.165) is 49.1 Å². The van der Waals surface area contributed by atoms with Crippen LogP contribution in [0.4, 0.5) is 5.69 Å². The van der Waals surface area contributed by atoms with E-state index in [2.05, 4.69) is 34.5 Å². The number of amides is 1. The van der Waals surface area contributed by atoms with E-state index in [1.54, 1.807) is 43.8 Å². The molecule has 32 heavy (non-hydrogen) atoms. The Bertz CT molecular complexity index is 1060. The van der Waals surface area contributed by atoms with Gasteiger partial charge in [-0.15, -0.1) is 11.3 Å². The van der Waals surface area contributed by atoms with E-state index in [1.807, 2.05) is 5.38 Å². The zero-order valence-corrected chi connectivity index (χ0v) is 19.1. The standard InChI is InChI=1S/C24H27N3O4S/c1-29-20-6-7-22(30-2)21(14-20)26-23(28)13-19-16-32-24(25-19)18-5-3-4-17(12-18)15-27-8-10-31-11-9-27/h3-7,12,14,16H,8-11,13,15H2,1-2H3,(H,26,28). The molecule has 3 aromatic rings. The molecule has 0 radical (unpaired) electrons. The van der Waals surface area contributed by atoms with Crippen LogP contribution in [-0.2, 0) is 22.5 Å². The average molecular weight is 454 g/mol. The maximum atomic E-state index is 12.6. The highest BCUT2D eigenvalue weighted by atomic mass is 32.1. The number of thiazole rings is 1. The fourth-order valence-electron chi connectivity index (χ4n) is 3.61. The first-order valence-corrected chi connectivity index (χ1v) is 11.4. The van der Waals surface area contributed by atoms with E-state index in [-0.39, 0.29) is 12.3 Å². The van der Waals surface area contributed by atoms with Crippen molar-refractivity contribution in [3.8, 4) is 22.1 Å². The van der Waals surface area contributed by atoms with Gasteiger partial charge in [0.2, 0.25) is 5.91 Å². The van der Waals surface area contributed by atoms with Crippen molar-refractivity contribution in [1.29, 1.82) is 0 Å². The summed E-state index contributed by atoms with van der Waals surface area (Å²) >= 11 is 1.55. The Morgan fingerprint density at radius 2 is 2.00 bits per heavy atom. The zero-order valence-electron chi connectivity index (χ0n) is 18.3. The molecule has 4 rings (SSSR count). The Hall–Kier alpha value is -2.94. The topological polar surface area (TPSA) is 72.9 Å². The van der Waals surface area contributed by atoms with Gasteiger partial charge >= 0.3 is 0 Å². The maximum Gasteiger partial charge on any atom is 0.230 e. The minimum atomic E-state index is -0.158. The molecular weight excluding hydrogens is 426 g/mol. The quantitative estimate of drug-likeness (QED) is 0.559. The van der Waals surface area contributed by atoms with Gasteiger partial charge in [0.25, 0.3) is 0 Å². The molecule has 7 nitrogen and oxygen atoms in total. The number of aromatic nitrogens is 1. The smallest absolute Gasteiger partial charge is 0.230 e. The summed E-state index contributed by atoms with van der Waals surface area (Å²) < 4.78 is 16.0. The van der Waals surface area contributed by atoms with Crippen LogP contribution in [0.3, 0.4) is 0 Å². The number of anilines is 1. The first-order chi connectivity index (χ1) is 15.6. The Kier molecular flexibility index (Phi) is 7.36. The van der Waals surface area contributed by atoms with Crippen LogP contribution >= 0.6 is 11.3 Å². The van der Waals surface area contributed by atoms with Crippen LogP contribution in [0.2, 0.25) is 0 Å². The van der Waals surface area contributed by atoms with Crippen LogP contribution in [0.1, 0.15) is 11.3 Å². The maximum absolute atomic E-state index is 12.6. The molecule has 1 aliphatic heterocycles. The SMILES string of the molecule is COc1ccc(OC)c(NC(=O)Cc2csc(-c3cccc(CN4CCOCC4)c3)n2)c1. The summed E-state index contributed by atoms with van der Waals surface area (Å²) in [5.41, 5.74) is 3.64. The molecule has 1 aliphatic rings. The van der Waals surface area contributed by atoms with Crippen LogP contribution in [0.15, 0.2) is 47.8 Å². The van der Waals surface area contributed by atoms with Crippen molar-refractivity contribution in [1.82, 2.24) is 9.88 Å². The zero-order chi connectivity index (χ0) is 22.3. The number of nitrogens with one attached hydrogen (secondary N) is 1. The lowest BCUT2D eigenvalue weighted by Crippen LogP contribution is -2.35. The first-order valence-electron chi connectivity index (χ1n) is 10.5. The van der Waals surface area contributed by atoms with E-state index < -0.39 is 0 Å². The van der Waals surface area contributed by atoms with Gasteiger partial charge in [0, 0.05) is 36.6 Å². The number of methoxy groups -OCH3 is 2. The second-order valence-electron chi connectivity index (χ2n) is 7.52. The highest BCUT2D eigenvalue weighted by molar-refractivity contribution is 7.13. The Balaban J connectivity index is 1.41. The summed E-state index contributed by atoms with van der Waals surface area (Å²) in [6.45, 7) is 4.40. The largest absolute Gasteiger partial charge is 0.497 e. The highest BCUT2D eigenvalue weighted by Gasteiger charge is 2.14. The minimum Gasteiger partial charge on any atom is -0.497 e. The number of nitrogens with zero attached hydrogens (tertiary/aromatic N) is 2. The molecule has 0 saturated carbocycles. The molecule has 0 spiro atoms. The molecule has 1 N–H and O–H groups in total. The number of rotatable bonds is 8. The molecule has 8 heteroatoms. The molecule has 0 aliphatic carbocycles. The van der Waals surface area contributed by atoms with E-state index in [4.69, 9.17) is 19.2 Å². The number of ether oxygens (including phenoxy) is 3. The number of morpholine rings is 1. The summed E-state index contributed by atoms with van der Waals surface area (Å²) in [6, 6.07) is 13.7.